The number of H-pyrrole nitrogens is 1. The fraction of sp³-hybridized carbons (Fsp3) is 0.400. The number of esters is 1. The van der Waals surface area contributed by atoms with Gasteiger partial charge in [0, 0.05) is 6.42 Å². The fourth-order valence-corrected chi connectivity index (χ4v) is 2.25. The second-order valence-corrected chi connectivity index (χ2v) is 5.14. The number of carbonyl (C=O) groups is 1. The van der Waals surface area contributed by atoms with Crippen molar-refractivity contribution in [3.8, 4) is 0 Å². The molecule has 5 nitrogen and oxygen atoms in total. The normalized spacial score (nSPS) is 14.2. The molecule has 21 heavy (non-hydrogen) atoms. The average Bonchev–Trinajstić information content (AvgIpc) is 3.21. The van der Waals surface area contributed by atoms with Crippen LogP contribution in [0.2, 0.25) is 0 Å². The third-order valence-electron chi connectivity index (χ3n) is 3.48. The summed E-state index contributed by atoms with van der Waals surface area (Å²) in [6, 6.07) is 5.20. The number of aromatic amines is 1. The standard InChI is InChI=1S/C15H16FN3O2/c1-2-21-15(20)14-17-13(18-19-14)8-11-7-10(9-3-4-9)5-6-12(11)16/h5-7,9H,2-4,8H2,1H3,(H,17,18,19). The van der Waals surface area contributed by atoms with Crippen molar-refractivity contribution < 1.29 is 13.9 Å². The fourth-order valence-electron chi connectivity index (χ4n) is 2.25. The van der Waals surface area contributed by atoms with Crippen LogP contribution in [0, 0.1) is 5.82 Å². The van der Waals surface area contributed by atoms with Crippen LogP contribution in [0.3, 0.4) is 0 Å². The number of ether oxygens (including phenoxy) is 1. The highest BCUT2D eigenvalue weighted by atomic mass is 19.1. The molecule has 2 aromatic rings. The molecular formula is C15H16FN3O2. The number of carbonyl (C=O) groups excluding carboxylic acids is 1. The highest BCUT2D eigenvalue weighted by Gasteiger charge is 2.24. The van der Waals surface area contributed by atoms with Gasteiger partial charge in [0.05, 0.1) is 6.61 Å². The van der Waals surface area contributed by atoms with E-state index in [4.69, 9.17) is 4.74 Å². The summed E-state index contributed by atoms with van der Waals surface area (Å²) >= 11 is 0. The molecule has 0 amide bonds. The molecule has 0 radical (unpaired) electrons. The van der Waals surface area contributed by atoms with Crippen LogP contribution in [0.4, 0.5) is 4.39 Å². The van der Waals surface area contributed by atoms with E-state index >= 15 is 0 Å². The molecule has 1 aromatic heterocycles. The van der Waals surface area contributed by atoms with E-state index in [1.165, 1.54) is 18.9 Å². The van der Waals surface area contributed by atoms with Crippen molar-refractivity contribution in [1.82, 2.24) is 15.2 Å². The van der Waals surface area contributed by atoms with Gasteiger partial charge in [-0.25, -0.2) is 9.18 Å². The first-order valence-corrected chi connectivity index (χ1v) is 7.04. The average molecular weight is 289 g/mol. The van der Waals surface area contributed by atoms with Crippen LogP contribution in [-0.4, -0.2) is 27.8 Å². The van der Waals surface area contributed by atoms with Crippen molar-refractivity contribution in [2.45, 2.75) is 32.1 Å². The smallest absolute Gasteiger partial charge is 0.376 e. The van der Waals surface area contributed by atoms with E-state index in [1.54, 1.807) is 6.92 Å². The predicted molar refractivity (Wildman–Crippen MR) is 73.5 cm³/mol. The van der Waals surface area contributed by atoms with Gasteiger partial charge in [0.1, 0.15) is 11.6 Å². The number of hydrogen-bond donors (Lipinski definition) is 1. The van der Waals surface area contributed by atoms with Gasteiger partial charge in [0.15, 0.2) is 0 Å². The highest BCUT2D eigenvalue weighted by Crippen LogP contribution is 2.40. The Hall–Kier alpha value is -2.24. The lowest BCUT2D eigenvalue weighted by Gasteiger charge is -2.04. The lowest BCUT2D eigenvalue weighted by molar-refractivity contribution is 0.0512. The molecule has 1 saturated carbocycles. The van der Waals surface area contributed by atoms with Gasteiger partial charge >= 0.3 is 5.97 Å². The Balaban J connectivity index is 1.77. The van der Waals surface area contributed by atoms with Gasteiger partial charge in [-0.2, -0.15) is 0 Å². The summed E-state index contributed by atoms with van der Waals surface area (Å²) in [6.45, 7) is 1.99. The van der Waals surface area contributed by atoms with Gasteiger partial charge in [-0.1, -0.05) is 12.1 Å². The highest BCUT2D eigenvalue weighted by molar-refractivity contribution is 5.84. The van der Waals surface area contributed by atoms with Crippen molar-refractivity contribution in [2.24, 2.45) is 0 Å². The van der Waals surface area contributed by atoms with Crippen molar-refractivity contribution in [3.05, 3.63) is 46.8 Å². The van der Waals surface area contributed by atoms with Crippen molar-refractivity contribution in [2.75, 3.05) is 6.61 Å². The van der Waals surface area contributed by atoms with E-state index in [-0.39, 0.29) is 24.7 Å². The summed E-state index contributed by atoms with van der Waals surface area (Å²) in [5.74, 6) is 0.238. The Labute approximate surface area is 121 Å². The Kier molecular flexibility index (Phi) is 3.68. The van der Waals surface area contributed by atoms with Gasteiger partial charge in [0.25, 0.3) is 0 Å². The van der Waals surface area contributed by atoms with Crippen LogP contribution >= 0.6 is 0 Å². The van der Waals surface area contributed by atoms with Gasteiger partial charge in [-0.3, -0.25) is 0 Å². The number of nitrogens with zero attached hydrogens (tertiary/aromatic N) is 2. The summed E-state index contributed by atoms with van der Waals surface area (Å²) in [4.78, 5) is 14.3. The molecule has 0 atom stereocenters. The number of hydrogen-bond acceptors (Lipinski definition) is 4. The van der Waals surface area contributed by atoms with E-state index in [1.807, 2.05) is 12.1 Å². The van der Waals surface area contributed by atoms with E-state index in [9.17, 15) is 9.18 Å². The van der Waals surface area contributed by atoms with E-state index in [0.717, 1.165) is 5.56 Å². The monoisotopic (exact) mass is 289 g/mol. The Morgan fingerprint density at radius 2 is 2.24 bits per heavy atom. The molecule has 1 aliphatic rings. The van der Waals surface area contributed by atoms with Crippen LogP contribution in [0.5, 0.6) is 0 Å². The summed E-state index contributed by atoms with van der Waals surface area (Å²) in [5.41, 5.74) is 1.72. The summed E-state index contributed by atoms with van der Waals surface area (Å²) in [6.07, 6.45) is 2.61. The lowest BCUT2D eigenvalue weighted by Crippen LogP contribution is -2.06. The second-order valence-electron chi connectivity index (χ2n) is 5.14. The maximum Gasteiger partial charge on any atom is 0.376 e. The molecule has 0 aliphatic heterocycles. The maximum atomic E-state index is 13.9. The third-order valence-corrected chi connectivity index (χ3v) is 3.48. The van der Waals surface area contributed by atoms with Crippen molar-refractivity contribution >= 4 is 5.97 Å². The molecule has 1 aliphatic carbocycles. The summed E-state index contributed by atoms with van der Waals surface area (Å²) < 4.78 is 18.7. The number of halogens is 1. The summed E-state index contributed by atoms with van der Waals surface area (Å²) in [7, 11) is 0. The molecular weight excluding hydrogens is 273 g/mol. The van der Waals surface area contributed by atoms with Crippen LogP contribution < -0.4 is 0 Å². The Morgan fingerprint density at radius 1 is 1.43 bits per heavy atom. The van der Waals surface area contributed by atoms with Crippen molar-refractivity contribution in [3.63, 3.8) is 0 Å². The first kappa shape index (κ1) is 13.7. The van der Waals surface area contributed by atoms with Crippen LogP contribution in [-0.2, 0) is 11.2 Å². The molecule has 1 heterocycles. The van der Waals surface area contributed by atoms with Crippen LogP contribution in [0.25, 0.3) is 0 Å². The molecule has 1 N–H and O–H groups in total. The summed E-state index contributed by atoms with van der Waals surface area (Å²) in [5, 5.41) is 7.60. The molecule has 0 spiro atoms. The molecule has 1 fully saturated rings. The molecule has 3 rings (SSSR count). The molecule has 0 bridgehead atoms. The molecule has 0 unspecified atom stereocenters. The van der Waals surface area contributed by atoms with Crippen molar-refractivity contribution in [1.29, 1.82) is 0 Å². The van der Waals surface area contributed by atoms with E-state index < -0.39 is 5.97 Å². The number of benzene rings is 1. The SMILES string of the molecule is CCOC(=O)c1nnc(Cc2cc(C3CC3)ccc2F)[nH]1. The third kappa shape index (κ3) is 3.09. The van der Waals surface area contributed by atoms with Gasteiger partial charge in [-0.05, 0) is 42.9 Å². The first-order chi connectivity index (χ1) is 10.2. The zero-order valence-electron chi connectivity index (χ0n) is 11.7. The van der Waals surface area contributed by atoms with Gasteiger partial charge < -0.3 is 9.72 Å². The zero-order chi connectivity index (χ0) is 14.8. The molecule has 6 heteroatoms. The largest absolute Gasteiger partial charge is 0.460 e. The number of rotatable bonds is 5. The second kappa shape index (κ2) is 5.63. The Bertz CT molecular complexity index is 665. The van der Waals surface area contributed by atoms with Gasteiger partial charge in [0.2, 0.25) is 5.82 Å². The zero-order valence-corrected chi connectivity index (χ0v) is 11.7. The molecule has 1 aromatic carbocycles. The minimum absolute atomic E-state index is 0.0469. The maximum absolute atomic E-state index is 13.9. The number of aromatic nitrogens is 3. The van der Waals surface area contributed by atoms with Gasteiger partial charge in [-0.15, -0.1) is 10.2 Å². The minimum Gasteiger partial charge on any atom is -0.460 e. The van der Waals surface area contributed by atoms with Crippen LogP contribution in [0.1, 0.15) is 53.3 Å². The Morgan fingerprint density at radius 3 is 2.95 bits per heavy atom. The predicted octanol–water partition coefficient (Wildman–Crippen LogP) is 2.59. The number of nitrogens with one attached hydrogen (secondary N) is 1. The van der Waals surface area contributed by atoms with E-state index in [0.29, 0.717) is 17.3 Å². The topological polar surface area (TPSA) is 67.9 Å². The lowest BCUT2D eigenvalue weighted by atomic mass is 10.0. The molecule has 110 valence electrons. The quantitative estimate of drug-likeness (QED) is 0.859. The minimum atomic E-state index is -0.552. The van der Waals surface area contributed by atoms with Crippen LogP contribution in [0.15, 0.2) is 18.2 Å². The first-order valence-electron chi connectivity index (χ1n) is 7.04. The van der Waals surface area contributed by atoms with E-state index in [2.05, 4.69) is 15.2 Å². The molecule has 0 saturated heterocycles.